The van der Waals surface area contributed by atoms with Gasteiger partial charge in [0.25, 0.3) is 0 Å². The average molecular weight is 311 g/mol. The highest BCUT2D eigenvalue weighted by Crippen LogP contribution is 2.43. The van der Waals surface area contributed by atoms with Crippen molar-refractivity contribution < 1.29 is 9.53 Å². The summed E-state index contributed by atoms with van der Waals surface area (Å²) < 4.78 is 6.16. The molecule has 0 bridgehead atoms. The number of rotatable bonds is 5. The van der Waals surface area contributed by atoms with Crippen LogP contribution in [0.25, 0.3) is 0 Å². The molecule has 0 saturated heterocycles. The minimum Gasteiger partial charge on any atom is -0.385 e. The third-order valence-corrected chi connectivity index (χ3v) is 4.33. The Balaban J connectivity index is 2.33. The molecule has 1 unspecified atom stereocenters. The monoisotopic (exact) mass is 310 g/mol. The molecule has 0 aliphatic heterocycles. The minimum absolute atomic E-state index is 0.228. The van der Waals surface area contributed by atoms with Crippen LogP contribution in [0.15, 0.2) is 22.7 Å². The third-order valence-electron chi connectivity index (χ3n) is 3.84. The first kappa shape index (κ1) is 13.8. The summed E-state index contributed by atoms with van der Waals surface area (Å²) in [6.07, 6.45) is 3.67. The SMILES string of the molecule is CCCC1(CCOC)Cc2ccc(Br)cc2C1=O. The lowest BCUT2D eigenvalue weighted by atomic mass is 9.77. The number of halogens is 1. The number of methoxy groups -OCH3 is 1. The number of benzene rings is 1. The van der Waals surface area contributed by atoms with Crippen molar-refractivity contribution in [3.63, 3.8) is 0 Å². The van der Waals surface area contributed by atoms with E-state index >= 15 is 0 Å². The van der Waals surface area contributed by atoms with Crippen LogP contribution in [0.1, 0.15) is 42.1 Å². The fraction of sp³-hybridized carbons (Fsp3) is 0.533. The molecule has 98 valence electrons. The maximum Gasteiger partial charge on any atom is 0.169 e. The lowest BCUT2D eigenvalue weighted by Crippen LogP contribution is -2.29. The Morgan fingerprint density at radius 3 is 2.83 bits per heavy atom. The van der Waals surface area contributed by atoms with Gasteiger partial charge in [-0.3, -0.25) is 4.79 Å². The van der Waals surface area contributed by atoms with Gasteiger partial charge in [-0.1, -0.05) is 35.3 Å². The third kappa shape index (κ3) is 2.39. The summed E-state index contributed by atoms with van der Waals surface area (Å²) >= 11 is 3.44. The van der Waals surface area contributed by atoms with Crippen molar-refractivity contribution in [2.75, 3.05) is 13.7 Å². The molecule has 2 nitrogen and oxygen atoms in total. The molecule has 0 radical (unpaired) electrons. The van der Waals surface area contributed by atoms with E-state index < -0.39 is 0 Å². The van der Waals surface area contributed by atoms with Crippen molar-refractivity contribution >= 4 is 21.7 Å². The highest BCUT2D eigenvalue weighted by molar-refractivity contribution is 9.10. The molecular formula is C15H19BrO2. The van der Waals surface area contributed by atoms with E-state index in [2.05, 4.69) is 28.9 Å². The Bertz CT molecular complexity index is 456. The van der Waals surface area contributed by atoms with Crippen molar-refractivity contribution in [3.8, 4) is 0 Å². The molecule has 0 fully saturated rings. The molecule has 0 aromatic heterocycles. The molecule has 2 rings (SSSR count). The van der Waals surface area contributed by atoms with Crippen LogP contribution >= 0.6 is 15.9 Å². The maximum absolute atomic E-state index is 12.7. The van der Waals surface area contributed by atoms with Crippen molar-refractivity contribution in [3.05, 3.63) is 33.8 Å². The Morgan fingerprint density at radius 1 is 1.39 bits per heavy atom. The van der Waals surface area contributed by atoms with Gasteiger partial charge in [0.15, 0.2) is 5.78 Å². The average Bonchev–Trinajstić information content (AvgIpc) is 2.62. The van der Waals surface area contributed by atoms with Crippen LogP contribution in [-0.2, 0) is 11.2 Å². The lowest BCUT2D eigenvalue weighted by molar-refractivity contribution is 0.0710. The Hall–Kier alpha value is -0.670. The predicted octanol–water partition coefficient (Wildman–Crippen LogP) is 4.01. The standard InChI is InChI=1S/C15H19BrO2/c1-3-6-15(7-8-18-2)10-11-4-5-12(16)9-13(11)14(15)17/h4-5,9H,3,6-8,10H2,1-2H3. The lowest BCUT2D eigenvalue weighted by Gasteiger charge is -2.26. The van der Waals surface area contributed by atoms with Gasteiger partial charge in [-0.05, 0) is 37.0 Å². The predicted molar refractivity (Wildman–Crippen MR) is 76.0 cm³/mol. The first-order valence-corrected chi connectivity index (χ1v) is 7.24. The number of hydrogen-bond acceptors (Lipinski definition) is 2. The van der Waals surface area contributed by atoms with E-state index in [1.54, 1.807) is 7.11 Å². The van der Waals surface area contributed by atoms with Gasteiger partial charge < -0.3 is 4.74 Å². The van der Waals surface area contributed by atoms with Crippen LogP contribution < -0.4 is 0 Å². The summed E-state index contributed by atoms with van der Waals surface area (Å²) in [5.74, 6) is 0.303. The zero-order valence-electron chi connectivity index (χ0n) is 11.0. The van der Waals surface area contributed by atoms with Gasteiger partial charge in [0.1, 0.15) is 0 Å². The van der Waals surface area contributed by atoms with Crippen LogP contribution in [0.2, 0.25) is 0 Å². The first-order chi connectivity index (χ1) is 8.63. The van der Waals surface area contributed by atoms with E-state index in [0.717, 1.165) is 35.7 Å². The number of Topliss-reactive ketones (excluding diaryl/α,β-unsaturated/α-hetero) is 1. The molecule has 18 heavy (non-hydrogen) atoms. The number of ether oxygens (including phenoxy) is 1. The Morgan fingerprint density at radius 2 is 2.17 bits per heavy atom. The summed E-state index contributed by atoms with van der Waals surface area (Å²) in [5, 5.41) is 0. The van der Waals surface area contributed by atoms with Crippen LogP contribution in [0.3, 0.4) is 0 Å². The van der Waals surface area contributed by atoms with Gasteiger partial charge in [-0.15, -0.1) is 0 Å². The second-order valence-electron chi connectivity index (χ2n) is 5.08. The van der Waals surface area contributed by atoms with E-state index in [1.165, 1.54) is 5.56 Å². The smallest absolute Gasteiger partial charge is 0.169 e. The number of hydrogen-bond donors (Lipinski definition) is 0. The zero-order valence-corrected chi connectivity index (χ0v) is 12.5. The largest absolute Gasteiger partial charge is 0.385 e. The molecule has 0 N–H and O–H groups in total. The Labute approximate surface area is 117 Å². The van der Waals surface area contributed by atoms with E-state index in [1.807, 2.05) is 12.1 Å². The number of carbonyl (C=O) groups is 1. The highest BCUT2D eigenvalue weighted by Gasteiger charge is 2.44. The summed E-state index contributed by atoms with van der Waals surface area (Å²) in [4.78, 5) is 12.7. The molecule has 0 saturated carbocycles. The van der Waals surface area contributed by atoms with Gasteiger partial charge in [0.2, 0.25) is 0 Å². The quantitative estimate of drug-likeness (QED) is 0.821. The molecule has 0 spiro atoms. The zero-order chi connectivity index (χ0) is 13.2. The maximum atomic E-state index is 12.7. The van der Waals surface area contributed by atoms with Crippen LogP contribution in [0, 0.1) is 5.41 Å². The van der Waals surface area contributed by atoms with Crippen molar-refractivity contribution in [1.82, 2.24) is 0 Å². The molecule has 1 aliphatic carbocycles. The normalized spacial score (nSPS) is 22.3. The molecule has 0 heterocycles. The van der Waals surface area contributed by atoms with E-state index in [0.29, 0.717) is 12.4 Å². The van der Waals surface area contributed by atoms with Crippen LogP contribution in [0.4, 0.5) is 0 Å². The molecular weight excluding hydrogens is 292 g/mol. The van der Waals surface area contributed by atoms with Crippen molar-refractivity contribution in [2.45, 2.75) is 32.6 Å². The van der Waals surface area contributed by atoms with Gasteiger partial charge >= 0.3 is 0 Å². The van der Waals surface area contributed by atoms with E-state index in [9.17, 15) is 4.79 Å². The van der Waals surface area contributed by atoms with Gasteiger partial charge in [0, 0.05) is 29.2 Å². The minimum atomic E-state index is -0.228. The second kappa shape index (κ2) is 5.54. The second-order valence-corrected chi connectivity index (χ2v) is 6.00. The fourth-order valence-electron chi connectivity index (χ4n) is 2.95. The van der Waals surface area contributed by atoms with Gasteiger partial charge in [0.05, 0.1) is 0 Å². The first-order valence-electron chi connectivity index (χ1n) is 6.45. The van der Waals surface area contributed by atoms with Crippen molar-refractivity contribution in [2.24, 2.45) is 5.41 Å². The van der Waals surface area contributed by atoms with E-state index in [-0.39, 0.29) is 5.41 Å². The molecule has 1 aromatic rings. The highest BCUT2D eigenvalue weighted by atomic mass is 79.9. The summed E-state index contributed by atoms with van der Waals surface area (Å²) in [6.45, 7) is 2.79. The van der Waals surface area contributed by atoms with Crippen molar-refractivity contribution in [1.29, 1.82) is 0 Å². The molecule has 1 aliphatic rings. The summed E-state index contributed by atoms with van der Waals surface area (Å²) in [7, 11) is 1.70. The summed E-state index contributed by atoms with van der Waals surface area (Å²) in [5.41, 5.74) is 1.86. The van der Waals surface area contributed by atoms with Gasteiger partial charge in [-0.25, -0.2) is 0 Å². The molecule has 1 atom stereocenters. The number of ketones is 1. The number of carbonyl (C=O) groups excluding carboxylic acids is 1. The van der Waals surface area contributed by atoms with Crippen LogP contribution in [-0.4, -0.2) is 19.5 Å². The topological polar surface area (TPSA) is 26.3 Å². The molecule has 0 amide bonds. The van der Waals surface area contributed by atoms with Crippen LogP contribution in [0.5, 0.6) is 0 Å². The summed E-state index contributed by atoms with van der Waals surface area (Å²) in [6, 6.07) is 6.05. The number of fused-ring (bicyclic) bond motifs is 1. The van der Waals surface area contributed by atoms with Gasteiger partial charge in [-0.2, -0.15) is 0 Å². The Kier molecular flexibility index (Phi) is 4.23. The molecule has 3 heteroatoms. The van der Waals surface area contributed by atoms with E-state index in [4.69, 9.17) is 4.74 Å². The molecule has 1 aromatic carbocycles. The fourth-order valence-corrected chi connectivity index (χ4v) is 3.31.